The monoisotopic (exact) mass is 212 g/mol. The molecule has 0 aromatic carbocycles. The molecule has 0 saturated carbocycles. The third-order valence-electron chi connectivity index (χ3n) is 1.86. The van der Waals surface area contributed by atoms with Crippen LogP contribution in [0.4, 0.5) is 0 Å². The minimum absolute atomic E-state index is 0.0847. The highest BCUT2D eigenvalue weighted by molar-refractivity contribution is 7.11. The van der Waals surface area contributed by atoms with Gasteiger partial charge in [-0.05, 0) is 32.0 Å². The van der Waals surface area contributed by atoms with Crippen molar-refractivity contribution in [1.82, 2.24) is 5.32 Å². The Morgan fingerprint density at radius 1 is 1.57 bits per heavy atom. The number of nitrogens with one attached hydrogen (secondary N) is 1. The number of rotatable bonds is 5. The lowest BCUT2D eigenvalue weighted by atomic mass is 10.3. The van der Waals surface area contributed by atoms with Crippen molar-refractivity contribution in [2.75, 3.05) is 6.54 Å². The predicted octanol–water partition coefficient (Wildman–Crippen LogP) is 1.41. The van der Waals surface area contributed by atoms with Crippen molar-refractivity contribution in [3.8, 4) is 0 Å². The first-order valence-electron chi connectivity index (χ1n) is 4.74. The van der Waals surface area contributed by atoms with E-state index in [4.69, 9.17) is 5.73 Å². The Morgan fingerprint density at radius 3 is 2.93 bits per heavy atom. The second-order valence-corrected chi connectivity index (χ2v) is 4.55. The van der Waals surface area contributed by atoms with Gasteiger partial charge >= 0.3 is 0 Å². The normalized spacial score (nSPS) is 10.1. The van der Waals surface area contributed by atoms with Crippen LogP contribution in [0.25, 0.3) is 0 Å². The molecule has 1 aromatic rings. The van der Waals surface area contributed by atoms with E-state index in [1.165, 1.54) is 9.75 Å². The van der Waals surface area contributed by atoms with Crippen molar-refractivity contribution in [3.63, 3.8) is 0 Å². The number of hydrogen-bond acceptors (Lipinski definition) is 3. The number of hydrogen-bond donors (Lipinski definition) is 2. The van der Waals surface area contributed by atoms with Crippen LogP contribution in [-0.4, -0.2) is 12.5 Å². The molecule has 78 valence electrons. The molecule has 1 rings (SSSR count). The fourth-order valence-electron chi connectivity index (χ4n) is 1.12. The smallest absolute Gasteiger partial charge is 0.220 e. The van der Waals surface area contributed by atoms with Crippen LogP contribution in [0.2, 0.25) is 0 Å². The number of carbonyl (C=O) groups is 1. The van der Waals surface area contributed by atoms with Crippen molar-refractivity contribution in [2.45, 2.75) is 26.3 Å². The maximum atomic E-state index is 11.2. The summed E-state index contributed by atoms with van der Waals surface area (Å²) in [5, 5.41) is 2.86. The van der Waals surface area contributed by atoms with Crippen LogP contribution in [0.5, 0.6) is 0 Å². The van der Waals surface area contributed by atoms with E-state index in [-0.39, 0.29) is 5.91 Å². The van der Waals surface area contributed by atoms with Gasteiger partial charge in [0.05, 0.1) is 6.54 Å². The number of carbonyl (C=O) groups excluding carboxylic acids is 1. The first kappa shape index (κ1) is 11.2. The summed E-state index contributed by atoms with van der Waals surface area (Å²) in [6.07, 6.45) is 1.29. The molecule has 1 heterocycles. The SMILES string of the molecule is Cc1ccc(CNC(=O)CCCN)s1. The number of amides is 1. The molecule has 0 aliphatic heterocycles. The fraction of sp³-hybridized carbons (Fsp3) is 0.500. The largest absolute Gasteiger partial charge is 0.351 e. The molecular weight excluding hydrogens is 196 g/mol. The Balaban J connectivity index is 2.23. The first-order chi connectivity index (χ1) is 6.72. The van der Waals surface area contributed by atoms with Gasteiger partial charge in [-0.25, -0.2) is 0 Å². The summed E-state index contributed by atoms with van der Waals surface area (Å²) >= 11 is 1.71. The number of nitrogens with two attached hydrogens (primary N) is 1. The average molecular weight is 212 g/mol. The standard InChI is InChI=1S/C10H16N2OS/c1-8-4-5-9(14-8)7-12-10(13)3-2-6-11/h4-5H,2-3,6-7,11H2,1H3,(H,12,13). The van der Waals surface area contributed by atoms with Crippen LogP contribution >= 0.6 is 11.3 Å². The van der Waals surface area contributed by atoms with E-state index < -0.39 is 0 Å². The zero-order chi connectivity index (χ0) is 10.4. The van der Waals surface area contributed by atoms with Gasteiger partial charge in [-0.1, -0.05) is 0 Å². The van der Waals surface area contributed by atoms with Crippen molar-refractivity contribution >= 4 is 17.2 Å². The zero-order valence-corrected chi connectivity index (χ0v) is 9.19. The summed E-state index contributed by atoms with van der Waals surface area (Å²) in [7, 11) is 0. The minimum atomic E-state index is 0.0847. The predicted molar refractivity (Wildman–Crippen MR) is 59.2 cm³/mol. The van der Waals surface area contributed by atoms with Crippen molar-refractivity contribution in [2.24, 2.45) is 5.73 Å². The molecule has 0 atom stereocenters. The van der Waals surface area contributed by atoms with Gasteiger partial charge in [0.15, 0.2) is 0 Å². The molecule has 0 unspecified atom stereocenters. The molecule has 3 N–H and O–H groups in total. The Morgan fingerprint density at radius 2 is 2.36 bits per heavy atom. The summed E-state index contributed by atoms with van der Waals surface area (Å²) in [5.74, 6) is 0.0847. The second-order valence-electron chi connectivity index (χ2n) is 3.18. The number of thiophene rings is 1. The van der Waals surface area contributed by atoms with E-state index in [1.807, 2.05) is 6.07 Å². The molecule has 3 nitrogen and oxygen atoms in total. The van der Waals surface area contributed by atoms with Gasteiger partial charge in [0, 0.05) is 16.2 Å². The van der Waals surface area contributed by atoms with Gasteiger partial charge in [-0.15, -0.1) is 11.3 Å². The van der Waals surface area contributed by atoms with Gasteiger partial charge < -0.3 is 11.1 Å². The molecule has 0 bridgehead atoms. The topological polar surface area (TPSA) is 55.1 Å². The Bertz CT molecular complexity index is 296. The van der Waals surface area contributed by atoms with Gasteiger partial charge in [0.1, 0.15) is 0 Å². The van der Waals surface area contributed by atoms with E-state index in [2.05, 4.69) is 18.3 Å². The summed E-state index contributed by atoms with van der Waals surface area (Å²) in [5.41, 5.74) is 5.31. The van der Waals surface area contributed by atoms with Crippen LogP contribution in [0.1, 0.15) is 22.6 Å². The molecular formula is C10H16N2OS. The fourth-order valence-corrected chi connectivity index (χ4v) is 1.95. The second kappa shape index (κ2) is 5.78. The summed E-state index contributed by atoms with van der Waals surface area (Å²) in [6, 6.07) is 4.11. The van der Waals surface area contributed by atoms with E-state index in [9.17, 15) is 4.79 Å². The maximum Gasteiger partial charge on any atom is 0.220 e. The van der Waals surface area contributed by atoms with Gasteiger partial charge in [-0.2, -0.15) is 0 Å². The molecule has 1 amide bonds. The van der Waals surface area contributed by atoms with Crippen LogP contribution < -0.4 is 11.1 Å². The average Bonchev–Trinajstić information content (AvgIpc) is 2.58. The van der Waals surface area contributed by atoms with E-state index in [0.29, 0.717) is 19.5 Å². The molecule has 0 saturated heterocycles. The van der Waals surface area contributed by atoms with Crippen molar-refractivity contribution in [1.29, 1.82) is 0 Å². The van der Waals surface area contributed by atoms with E-state index in [1.54, 1.807) is 11.3 Å². The molecule has 0 aliphatic carbocycles. The lowest BCUT2D eigenvalue weighted by molar-refractivity contribution is -0.121. The van der Waals surface area contributed by atoms with Crippen LogP contribution in [0.15, 0.2) is 12.1 Å². The third-order valence-corrected chi connectivity index (χ3v) is 2.86. The lowest BCUT2D eigenvalue weighted by Gasteiger charge is -2.01. The van der Waals surface area contributed by atoms with Crippen molar-refractivity contribution < 1.29 is 4.79 Å². The number of aryl methyl sites for hydroxylation is 1. The Hall–Kier alpha value is -0.870. The third kappa shape index (κ3) is 3.89. The molecule has 0 radical (unpaired) electrons. The minimum Gasteiger partial charge on any atom is -0.351 e. The summed E-state index contributed by atoms with van der Waals surface area (Å²) in [4.78, 5) is 13.7. The van der Waals surface area contributed by atoms with Crippen molar-refractivity contribution in [3.05, 3.63) is 21.9 Å². The molecule has 4 heteroatoms. The summed E-state index contributed by atoms with van der Waals surface area (Å²) in [6.45, 7) is 3.28. The Kier molecular flexibility index (Phi) is 4.62. The quantitative estimate of drug-likeness (QED) is 0.775. The van der Waals surface area contributed by atoms with E-state index >= 15 is 0 Å². The van der Waals surface area contributed by atoms with Crippen LogP contribution in [0.3, 0.4) is 0 Å². The molecule has 0 fully saturated rings. The molecule has 0 spiro atoms. The van der Waals surface area contributed by atoms with Gasteiger partial charge in [0.2, 0.25) is 5.91 Å². The Labute approximate surface area is 88.3 Å². The van der Waals surface area contributed by atoms with Crippen LogP contribution in [0, 0.1) is 6.92 Å². The highest BCUT2D eigenvalue weighted by Gasteiger charge is 2.01. The summed E-state index contributed by atoms with van der Waals surface area (Å²) < 4.78 is 0. The highest BCUT2D eigenvalue weighted by Crippen LogP contribution is 2.14. The van der Waals surface area contributed by atoms with Crippen LogP contribution in [-0.2, 0) is 11.3 Å². The lowest BCUT2D eigenvalue weighted by Crippen LogP contribution is -2.22. The van der Waals surface area contributed by atoms with Gasteiger partial charge in [0.25, 0.3) is 0 Å². The first-order valence-corrected chi connectivity index (χ1v) is 5.56. The maximum absolute atomic E-state index is 11.2. The molecule has 14 heavy (non-hydrogen) atoms. The van der Waals surface area contributed by atoms with Gasteiger partial charge in [-0.3, -0.25) is 4.79 Å². The zero-order valence-electron chi connectivity index (χ0n) is 8.38. The molecule has 0 aliphatic rings. The highest BCUT2D eigenvalue weighted by atomic mass is 32.1. The molecule has 1 aromatic heterocycles. The van der Waals surface area contributed by atoms with E-state index in [0.717, 1.165) is 6.42 Å².